The summed E-state index contributed by atoms with van der Waals surface area (Å²) in [6.07, 6.45) is 12.1. The summed E-state index contributed by atoms with van der Waals surface area (Å²) >= 11 is 0. The van der Waals surface area contributed by atoms with Gasteiger partial charge >= 0.3 is 0 Å². The molecule has 0 spiro atoms. The van der Waals surface area contributed by atoms with Gasteiger partial charge in [-0.1, -0.05) is 64.5 Å². The van der Waals surface area contributed by atoms with Crippen LogP contribution in [0.25, 0.3) is 21.5 Å². The molecule has 0 aliphatic carbocycles. The minimum atomic E-state index is -4.96. The summed E-state index contributed by atoms with van der Waals surface area (Å²) in [5.74, 6) is -1.98. The number of anilines is 1. The summed E-state index contributed by atoms with van der Waals surface area (Å²) in [4.78, 5) is 1.17. The van der Waals surface area contributed by atoms with E-state index in [4.69, 9.17) is 0 Å². The molecule has 364 valence electrons. The van der Waals surface area contributed by atoms with Crippen LogP contribution in [0.1, 0.15) is 91.2 Å². The van der Waals surface area contributed by atoms with Crippen LogP contribution in [0.5, 0.6) is 0 Å². The van der Waals surface area contributed by atoms with Crippen molar-refractivity contribution >= 4 is 88.7 Å². The molecule has 67 heavy (non-hydrogen) atoms. The molecule has 0 aromatic heterocycles. The van der Waals surface area contributed by atoms with Crippen LogP contribution in [-0.4, -0.2) is 102 Å². The summed E-state index contributed by atoms with van der Waals surface area (Å²) in [5, 5.41) is 1.97. The first-order valence-corrected chi connectivity index (χ1v) is 30.0. The number of sulfone groups is 2. The lowest BCUT2D eigenvalue weighted by molar-refractivity contribution is -0.438. The lowest BCUT2D eigenvalue weighted by atomic mass is 9.79. The Morgan fingerprint density at radius 2 is 1.24 bits per heavy atom. The van der Waals surface area contributed by atoms with Crippen molar-refractivity contribution in [1.29, 1.82) is 0 Å². The molecule has 4 aromatic rings. The van der Waals surface area contributed by atoms with E-state index >= 15 is 0 Å². The topological polar surface area (TPSA) is 238 Å². The van der Waals surface area contributed by atoms with Gasteiger partial charge in [0.1, 0.15) is 11.4 Å². The molecule has 0 bridgehead atoms. The predicted molar refractivity (Wildman–Crippen MR) is 263 cm³/mol. The minimum Gasteiger partial charge on any atom is -0.344 e. The van der Waals surface area contributed by atoms with Crippen molar-refractivity contribution in [1.82, 2.24) is 0 Å². The molecule has 3 N–H and O–H groups in total. The Labute approximate surface area is 395 Å². The highest BCUT2D eigenvalue weighted by Gasteiger charge is 2.46. The van der Waals surface area contributed by atoms with Crippen molar-refractivity contribution in [3.05, 3.63) is 102 Å². The monoisotopic (exact) mass is 1020 g/mol. The van der Waals surface area contributed by atoms with Crippen LogP contribution >= 0.6 is 0 Å². The highest BCUT2D eigenvalue weighted by atomic mass is 32.2. The van der Waals surface area contributed by atoms with Gasteiger partial charge in [-0.25, -0.2) is 16.8 Å². The quantitative estimate of drug-likeness (QED) is 0.0328. The van der Waals surface area contributed by atoms with Crippen LogP contribution in [0.2, 0.25) is 0 Å². The zero-order valence-corrected chi connectivity index (χ0v) is 42.5. The molecule has 6 rings (SSSR count). The van der Waals surface area contributed by atoms with Crippen LogP contribution in [-0.2, 0) is 60.9 Å². The maximum Gasteiger partial charge on any atom is 0.295 e. The second kappa shape index (κ2) is 19.3. The molecule has 0 unspecified atom stereocenters. The molecule has 2 aliphatic rings. The van der Waals surface area contributed by atoms with Gasteiger partial charge in [0.15, 0.2) is 25.4 Å². The number of nitrogens with zero attached hydrogens (tertiary/aromatic N) is 2. The lowest BCUT2D eigenvalue weighted by Crippen LogP contribution is -2.28. The van der Waals surface area contributed by atoms with Gasteiger partial charge in [0.2, 0.25) is 5.69 Å². The number of allylic oxidation sites excluding steroid dienone is 6. The Hall–Kier alpha value is -4.28. The van der Waals surface area contributed by atoms with Crippen LogP contribution in [0.3, 0.4) is 0 Å². The largest absolute Gasteiger partial charge is 0.344 e. The van der Waals surface area contributed by atoms with E-state index in [1.165, 1.54) is 12.1 Å². The standard InChI is InChI=1S/C47H58N2O13S5/c1-7-9-13-24-48-40-23-21-36-38(31-35(32-41(36)67(60,61)62)64(52,53)27-15-29-66(57,58)59)45(40)47(5,6)43(48)17-12-10-11-16-42-46(3,4)44-37-30-34(63(50,51)26-8-2)20-18-33(37)19-22-39(44)49(42)25-14-28-65(54,55)56/h10-12,16-23,30-32H,7-9,13-15,24-29H2,1-6H3,(H2-,54,55,56,57,58,59,60,61,62)/p+1. The number of rotatable bonds is 20. The first-order chi connectivity index (χ1) is 31.0. The van der Waals surface area contributed by atoms with Crippen molar-refractivity contribution in [2.75, 3.05) is 41.0 Å². The Bertz CT molecular complexity index is 3330. The summed E-state index contributed by atoms with van der Waals surface area (Å²) < 4.78 is 157. The number of fused-ring (bicyclic) bond motifs is 6. The van der Waals surface area contributed by atoms with E-state index in [0.29, 0.717) is 24.2 Å². The first-order valence-electron chi connectivity index (χ1n) is 22.0. The second-order valence-corrected chi connectivity index (χ2v) is 26.9. The van der Waals surface area contributed by atoms with E-state index in [2.05, 4.69) is 11.5 Å². The van der Waals surface area contributed by atoms with Crippen molar-refractivity contribution in [3.8, 4) is 0 Å². The number of hydrogen-bond donors (Lipinski definition) is 3. The fourth-order valence-electron chi connectivity index (χ4n) is 9.49. The van der Waals surface area contributed by atoms with Crippen molar-refractivity contribution < 1.29 is 60.3 Å². The van der Waals surface area contributed by atoms with Gasteiger partial charge in [-0.2, -0.15) is 29.8 Å². The average molecular weight is 1020 g/mol. The van der Waals surface area contributed by atoms with E-state index in [9.17, 15) is 55.7 Å². The lowest BCUT2D eigenvalue weighted by Gasteiger charge is -2.27. The number of hydrogen-bond acceptors (Lipinski definition) is 11. The molecule has 0 fully saturated rings. The van der Waals surface area contributed by atoms with Crippen molar-refractivity contribution in [2.24, 2.45) is 0 Å². The molecule has 20 heteroatoms. The smallest absolute Gasteiger partial charge is 0.295 e. The Morgan fingerprint density at radius 3 is 1.88 bits per heavy atom. The molecular formula is C47H59N2O13S5+. The third-order valence-corrected chi connectivity index (χ3v) is 18.7. The number of unbranched alkanes of at least 4 members (excludes halogenated alkanes) is 2. The number of benzene rings is 4. The third kappa shape index (κ3) is 11.1. The molecule has 15 nitrogen and oxygen atoms in total. The van der Waals surface area contributed by atoms with Crippen LogP contribution in [0, 0.1) is 0 Å². The van der Waals surface area contributed by atoms with Gasteiger partial charge in [0.05, 0.1) is 38.2 Å². The summed E-state index contributed by atoms with van der Waals surface area (Å²) in [5.41, 5.74) is 3.07. The molecule has 4 aromatic carbocycles. The van der Waals surface area contributed by atoms with E-state index in [1.54, 1.807) is 24.3 Å². The zero-order valence-electron chi connectivity index (χ0n) is 38.4. The predicted octanol–water partition coefficient (Wildman–Crippen LogP) is 8.11. The SMILES string of the molecule is CCCCC[N+]1=C(C=CC=CC=C2N(CCCS(=O)(=O)O)c3ccc4ccc(S(=O)(=O)CCC)cc4c3C2(C)C)C(C)(C)c2c1ccc1c(S(=O)(=O)O)cc(S(=O)(=O)CCCS(=O)(=O)O)cc21. The highest BCUT2D eigenvalue weighted by Crippen LogP contribution is 2.51. The molecule has 0 saturated carbocycles. The summed E-state index contributed by atoms with van der Waals surface area (Å²) in [6, 6.07) is 14.5. The molecular weight excluding hydrogens is 961 g/mol. The Balaban J connectivity index is 1.43. The first kappa shape index (κ1) is 52.1. The average Bonchev–Trinajstić information content (AvgIpc) is 3.56. The molecule has 0 radical (unpaired) electrons. The molecule has 0 atom stereocenters. The minimum absolute atomic E-state index is 0.00189. The maximum absolute atomic E-state index is 13.6. The summed E-state index contributed by atoms with van der Waals surface area (Å²) in [6.45, 7) is 12.6. The van der Waals surface area contributed by atoms with Crippen molar-refractivity contribution in [3.63, 3.8) is 0 Å². The van der Waals surface area contributed by atoms with Gasteiger partial charge < -0.3 is 4.90 Å². The van der Waals surface area contributed by atoms with Gasteiger partial charge in [-0.15, -0.1) is 0 Å². The third-order valence-electron chi connectivity index (χ3n) is 12.5. The normalized spacial score (nSPS) is 17.2. The maximum atomic E-state index is 13.6. The summed E-state index contributed by atoms with van der Waals surface area (Å²) in [7, 11) is -21.5. The zero-order chi connectivity index (χ0) is 49.5. The Morgan fingerprint density at radius 1 is 0.597 bits per heavy atom. The van der Waals surface area contributed by atoms with Crippen molar-refractivity contribution in [2.45, 2.75) is 106 Å². The van der Waals surface area contributed by atoms with Crippen LogP contribution in [0.4, 0.5) is 11.4 Å². The van der Waals surface area contributed by atoms with E-state index in [0.717, 1.165) is 58.8 Å². The second-order valence-electron chi connectivity index (χ2n) is 18.2. The fraction of sp³-hybridized carbons (Fsp3) is 0.426. The van der Waals surface area contributed by atoms with Gasteiger partial charge in [0, 0.05) is 52.9 Å². The van der Waals surface area contributed by atoms with E-state index < -0.39 is 94.3 Å². The Kier molecular flexibility index (Phi) is 15.0. The molecule has 2 aliphatic heterocycles. The molecule has 0 saturated heterocycles. The van der Waals surface area contributed by atoms with Gasteiger partial charge in [-0.05, 0) is 104 Å². The van der Waals surface area contributed by atoms with E-state index in [-0.39, 0.29) is 34.4 Å². The van der Waals surface area contributed by atoms with Crippen LogP contribution < -0.4 is 4.90 Å². The molecule has 0 amide bonds. The van der Waals surface area contributed by atoms with E-state index in [1.807, 2.05) is 82.0 Å². The molecule has 2 heterocycles. The van der Waals surface area contributed by atoms with Gasteiger partial charge in [0.25, 0.3) is 30.4 Å². The van der Waals surface area contributed by atoms with Crippen LogP contribution in [0.15, 0.2) is 105 Å². The highest BCUT2D eigenvalue weighted by molar-refractivity contribution is 7.92. The fourth-order valence-corrected chi connectivity index (χ4v) is 14.2. The van der Waals surface area contributed by atoms with Gasteiger partial charge in [-0.3, -0.25) is 13.7 Å².